The Hall–Kier alpha value is -0.790. The molecule has 0 amide bonds. The highest BCUT2D eigenvalue weighted by Crippen LogP contribution is 2.53. The van der Waals surface area contributed by atoms with Crippen LogP contribution < -0.4 is 5.11 Å². The fraction of sp³-hybridized carbons (Fsp3) is 0.786. The van der Waals surface area contributed by atoms with Crippen molar-refractivity contribution in [3.63, 3.8) is 0 Å². The summed E-state index contributed by atoms with van der Waals surface area (Å²) in [6.45, 7) is 4.48. The van der Waals surface area contributed by atoms with E-state index in [0.717, 1.165) is 0 Å². The minimum atomic E-state index is -1.19. The smallest absolute Gasteiger partial charge is 0.0666 e. The quantitative estimate of drug-likeness (QED) is 0.636. The van der Waals surface area contributed by atoms with Crippen LogP contribution in [-0.4, -0.2) is 5.97 Å². The molecule has 90 valence electrons. The third kappa shape index (κ3) is 2.66. The first-order valence-electron chi connectivity index (χ1n) is 6.41. The predicted octanol–water partition coefficient (Wildman–Crippen LogP) is 2.15. The minimum absolute atomic E-state index is 0.0648. The summed E-state index contributed by atoms with van der Waals surface area (Å²) >= 11 is 0. The largest absolute Gasteiger partial charge is 0.545 e. The lowest BCUT2D eigenvalue weighted by atomic mass is 9.56. The van der Waals surface area contributed by atoms with E-state index in [9.17, 15) is 9.90 Å². The van der Waals surface area contributed by atoms with Gasteiger partial charge in [0, 0.05) is 0 Å². The molecular weight excluding hydrogens is 200 g/mol. The maximum Gasteiger partial charge on any atom is 0.0666 e. The van der Waals surface area contributed by atoms with E-state index >= 15 is 0 Å². The monoisotopic (exact) mass is 221 g/mol. The van der Waals surface area contributed by atoms with Crippen LogP contribution in [0.3, 0.4) is 0 Å². The highest BCUT2D eigenvalue weighted by atomic mass is 16.4. The molecule has 0 aromatic heterocycles. The van der Waals surface area contributed by atoms with E-state index in [2.05, 4.69) is 6.58 Å². The highest BCUT2D eigenvalue weighted by Gasteiger charge is 2.41. The van der Waals surface area contributed by atoms with E-state index in [1.807, 2.05) is 0 Å². The van der Waals surface area contributed by atoms with Crippen LogP contribution in [0.5, 0.6) is 0 Å². The van der Waals surface area contributed by atoms with Crippen LogP contribution in [-0.2, 0) is 4.79 Å². The Bertz CT molecular complexity index is 225. The predicted molar refractivity (Wildman–Crippen MR) is 61.5 cm³/mol. The van der Waals surface area contributed by atoms with Crippen LogP contribution in [0, 0.1) is 23.7 Å². The van der Waals surface area contributed by atoms with E-state index in [1.165, 1.54) is 30.6 Å². The summed E-state index contributed by atoms with van der Waals surface area (Å²) in [6, 6.07) is 0. The number of aliphatic carboxylic acids is 1. The first kappa shape index (κ1) is 11.7. The molecule has 4 aliphatic rings. The Balaban J connectivity index is 0.000000142. The zero-order valence-electron chi connectivity index (χ0n) is 10.1. The number of hydrogen-bond acceptors (Lipinski definition) is 2. The Kier molecular flexibility index (Phi) is 3.36. The molecule has 16 heavy (non-hydrogen) atoms. The normalized spacial score (nSPS) is 38.8. The van der Waals surface area contributed by atoms with Crippen molar-refractivity contribution in [2.24, 2.45) is 23.7 Å². The second-order valence-corrected chi connectivity index (χ2v) is 5.95. The zero-order valence-corrected chi connectivity index (χ0v) is 10.1. The molecule has 4 aliphatic carbocycles. The Labute approximate surface area is 97.7 Å². The summed E-state index contributed by atoms with van der Waals surface area (Å²) in [6.07, 6.45) is 9.62. The van der Waals surface area contributed by atoms with E-state index in [-0.39, 0.29) is 5.57 Å². The molecule has 0 aromatic rings. The molecule has 0 atom stereocenters. The Morgan fingerprint density at radius 1 is 0.938 bits per heavy atom. The molecule has 0 radical (unpaired) electrons. The second-order valence-electron chi connectivity index (χ2n) is 5.95. The van der Waals surface area contributed by atoms with Gasteiger partial charge in [0.05, 0.1) is 5.97 Å². The second kappa shape index (κ2) is 4.60. The fourth-order valence-corrected chi connectivity index (χ4v) is 3.98. The summed E-state index contributed by atoms with van der Waals surface area (Å²) in [5.74, 6) is 3.52. The summed E-state index contributed by atoms with van der Waals surface area (Å²) < 4.78 is 0. The first-order valence-corrected chi connectivity index (χ1v) is 6.41. The molecule has 4 rings (SSSR count). The maximum absolute atomic E-state index is 9.49. The summed E-state index contributed by atoms with van der Waals surface area (Å²) in [5.41, 5.74) is 0.0648. The number of hydrogen-bond donors (Lipinski definition) is 0. The number of rotatable bonds is 1. The topological polar surface area (TPSA) is 40.1 Å². The van der Waals surface area contributed by atoms with Gasteiger partial charge in [-0.1, -0.05) is 6.58 Å². The van der Waals surface area contributed by atoms with Gasteiger partial charge in [0.15, 0.2) is 0 Å². The Morgan fingerprint density at radius 2 is 1.12 bits per heavy atom. The molecule has 0 aliphatic heterocycles. The third-order valence-corrected chi connectivity index (χ3v) is 4.35. The van der Waals surface area contributed by atoms with Gasteiger partial charge in [0.2, 0.25) is 0 Å². The van der Waals surface area contributed by atoms with Gasteiger partial charge < -0.3 is 9.90 Å². The fourth-order valence-electron chi connectivity index (χ4n) is 3.98. The van der Waals surface area contributed by atoms with Crippen LogP contribution in [0.15, 0.2) is 12.2 Å². The molecule has 4 saturated carbocycles. The van der Waals surface area contributed by atoms with Crippen LogP contribution in [0.2, 0.25) is 0 Å². The molecule has 2 heteroatoms. The average molecular weight is 221 g/mol. The van der Waals surface area contributed by atoms with Crippen LogP contribution in [0.25, 0.3) is 0 Å². The molecule has 0 unspecified atom stereocenters. The minimum Gasteiger partial charge on any atom is -0.545 e. The van der Waals surface area contributed by atoms with Gasteiger partial charge in [-0.2, -0.15) is 0 Å². The van der Waals surface area contributed by atoms with E-state index in [4.69, 9.17) is 0 Å². The van der Waals surface area contributed by atoms with Gasteiger partial charge in [0.1, 0.15) is 0 Å². The summed E-state index contributed by atoms with van der Waals surface area (Å²) in [5, 5.41) is 9.49. The lowest BCUT2D eigenvalue weighted by Gasteiger charge is -2.49. The van der Waals surface area contributed by atoms with Crippen molar-refractivity contribution in [1.29, 1.82) is 0 Å². The standard InChI is InChI=1S/C10H16.C4H6O2/c1-7-2-9-4-8(1)5-10(3-7)6-9;1-3(2)4(5)6/h7-10H,1-6H2;1H2,2H3,(H,5,6)/p-1. The van der Waals surface area contributed by atoms with Crippen molar-refractivity contribution in [3.05, 3.63) is 12.2 Å². The molecule has 0 aromatic carbocycles. The van der Waals surface area contributed by atoms with Gasteiger partial charge in [-0.25, -0.2) is 0 Å². The van der Waals surface area contributed by atoms with E-state index in [0.29, 0.717) is 0 Å². The van der Waals surface area contributed by atoms with Crippen molar-refractivity contribution in [3.8, 4) is 0 Å². The van der Waals surface area contributed by atoms with Crippen molar-refractivity contribution in [2.75, 3.05) is 0 Å². The maximum atomic E-state index is 9.49. The zero-order chi connectivity index (χ0) is 11.7. The SMILES string of the molecule is C1C2CC3CC1CC(C2)C3.C=C(C)C(=O)[O-]. The first-order chi connectivity index (χ1) is 7.54. The molecule has 0 N–H and O–H groups in total. The van der Waals surface area contributed by atoms with E-state index in [1.54, 1.807) is 38.5 Å². The van der Waals surface area contributed by atoms with Gasteiger partial charge in [-0.3, -0.25) is 0 Å². The molecule has 0 spiro atoms. The highest BCUT2D eigenvalue weighted by molar-refractivity contribution is 5.82. The van der Waals surface area contributed by atoms with Gasteiger partial charge in [-0.05, 0) is 74.7 Å². The summed E-state index contributed by atoms with van der Waals surface area (Å²) in [7, 11) is 0. The lowest BCUT2D eigenvalue weighted by Crippen LogP contribution is -2.38. The molecule has 4 bridgehead atoms. The number of carbonyl (C=O) groups excluding carboxylic acids is 1. The van der Waals surface area contributed by atoms with Crippen LogP contribution in [0.4, 0.5) is 0 Å². The van der Waals surface area contributed by atoms with Gasteiger partial charge in [-0.15, -0.1) is 0 Å². The molecule has 0 heterocycles. The molecule has 4 fully saturated rings. The average Bonchev–Trinajstić information content (AvgIpc) is 2.15. The van der Waals surface area contributed by atoms with Crippen molar-refractivity contribution in [2.45, 2.75) is 45.4 Å². The summed E-state index contributed by atoms with van der Waals surface area (Å²) in [4.78, 5) is 9.49. The van der Waals surface area contributed by atoms with Crippen molar-refractivity contribution < 1.29 is 9.90 Å². The van der Waals surface area contributed by atoms with Crippen molar-refractivity contribution >= 4 is 5.97 Å². The molecular formula is C14H21O2-. The van der Waals surface area contributed by atoms with Gasteiger partial charge >= 0.3 is 0 Å². The van der Waals surface area contributed by atoms with Crippen LogP contribution >= 0.6 is 0 Å². The van der Waals surface area contributed by atoms with Gasteiger partial charge in [0.25, 0.3) is 0 Å². The van der Waals surface area contributed by atoms with Crippen molar-refractivity contribution in [1.82, 2.24) is 0 Å². The number of carboxylic acids is 1. The lowest BCUT2D eigenvalue weighted by molar-refractivity contribution is -0.299. The molecule has 2 nitrogen and oxygen atoms in total. The Morgan fingerprint density at radius 3 is 1.25 bits per heavy atom. The van der Waals surface area contributed by atoms with E-state index < -0.39 is 5.97 Å². The number of carbonyl (C=O) groups is 1. The third-order valence-electron chi connectivity index (χ3n) is 4.35. The number of carboxylic acid groups (broad SMARTS) is 1. The van der Waals surface area contributed by atoms with Crippen LogP contribution in [0.1, 0.15) is 45.4 Å². The molecule has 0 saturated heterocycles.